The Morgan fingerprint density at radius 2 is 1.86 bits per heavy atom. The first kappa shape index (κ1) is 11.5. The van der Waals surface area contributed by atoms with Gasteiger partial charge in [-0.25, -0.2) is 8.42 Å². The van der Waals surface area contributed by atoms with Crippen LogP contribution < -0.4 is 0 Å². The van der Waals surface area contributed by atoms with Crippen molar-refractivity contribution in [1.29, 1.82) is 0 Å². The molecule has 0 unspecified atom stereocenters. The third-order valence-corrected chi connectivity index (χ3v) is 4.22. The molecule has 2 N–H and O–H groups in total. The Kier molecular flexibility index (Phi) is 3.49. The molecule has 0 bridgehead atoms. The van der Waals surface area contributed by atoms with E-state index in [4.69, 9.17) is 5.11 Å². The molecule has 0 saturated carbocycles. The van der Waals surface area contributed by atoms with Gasteiger partial charge in [0, 0.05) is 0 Å². The van der Waals surface area contributed by atoms with Crippen LogP contribution in [0.2, 0.25) is 0 Å². The van der Waals surface area contributed by atoms with Crippen molar-refractivity contribution in [3.8, 4) is 0 Å². The smallest absolute Gasteiger partial charge is 0.303 e. The molecule has 0 aliphatic carbocycles. The van der Waals surface area contributed by atoms with Crippen LogP contribution >= 0.6 is 0 Å². The Balaban J connectivity index is 2.65. The molecule has 1 aliphatic heterocycles. The molecule has 1 rings (SSSR count). The number of carbonyl (C=O) groups is 1. The maximum Gasteiger partial charge on any atom is 0.303 e. The minimum Gasteiger partial charge on any atom is -0.481 e. The molecule has 1 saturated heterocycles. The van der Waals surface area contributed by atoms with E-state index in [2.05, 4.69) is 0 Å². The Morgan fingerprint density at radius 3 is 2.43 bits per heavy atom. The lowest BCUT2D eigenvalue weighted by Crippen LogP contribution is -2.22. The third kappa shape index (κ3) is 3.26. The van der Waals surface area contributed by atoms with E-state index >= 15 is 0 Å². The normalized spacial score (nSPS) is 32.1. The van der Waals surface area contributed by atoms with E-state index in [-0.39, 0.29) is 30.8 Å². The summed E-state index contributed by atoms with van der Waals surface area (Å²) in [4.78, 5) is 10.4. The molecule has 0 spiro atoms. The molecule has 14 heavy (non-hydrogen) atoms. The zero-order chi connectivity index (χ0) is 10.8. The van der Waals surface area contributed by atoms with Gasteiger partial charge in [0.05, 0.1) is 24.0 Å². The van der Waals surface area contributed by atoms with Gasteiger partial charge in [-0.15, -0.1) is 0 Å². The highest BCUT2D eigenvalue weighted by Gasteiger charge is 2.29. The van der Waals surface area contributed by atoms with E-state index in [1.807, 2.05) is 0 Å². The van der Waals surface area contributed by atoms with Crippen LogP contribution in [0.1, 0.15) is 19.3 Å². The number of aliphatic hydroxyl groups is 1. The summed E-state index contributed by atoms with van der Waals surface area (Å²) in [5.74, 6) is -1.47. The largest absolute Gasteiger partial charge is 0.481 e. The van der Waals surface area contributed by atoms with Gasteiger partial charge in [0.1, 0.15) is 9.84 Å². The molecule has 0 amide bonds. The summed E-state index contributed by atoms with van der Waals surface area (Å²) in [6.07, 6.45) is -0.560. The standard InChI is InChI=1S/C8H14O5S/c9-7-2-4-14(12,13)3-1-6(7)5-8(10)11/h6-7,9H,1-5H2,(H,10,11)/t6-,7-/m1/s1. The van der Waals surface area contributed by atoms with Crippen LogP contribution in [0.5, 0.6) is 0 Å². The van der Waals surface area contributed by atoms with Gasteiger partial charge in [-0.3, -0.25) is 4.79 Å². The molecule has 82 valence electrons. The van der Waals surface area contributed by atoms with Crippen molar-refractivity contribution in [1.82, 2.24) is 0 Å². The molecule has 1 aliphatic rings. The number of aliphatic hydroxyl groups excluding tert-OH is 1. The van der Waals surface area contributed by atoms with E-state index in [1.54, 1.807) is 0 Å². The summed E-state index contributed by atoms with van der Waals surface area (Å²) >= 11 is 0. The summed E-state index contributed by atoms with van der Waals surface area (Å²) in [5, 5.41) is 18.0. The number of carboxylic acid groups (broad SMARTS) is 1. The lowest BCUT2D eigenvalue weighted by atomic mass is 9.94. The molecule has 2 atom stereocenters. The van der Waals surface area contributed by atoms with Gasteiger partial charge in [-0.1, -0.05) is 0 Å². The topological polar surface area (TPSA) is 91.7 Å². The first-order chi connectivity index (χ1) is 6.41. The summed E-state index contributed by atoms with van der Waals surface area (Å²) in [7, 11) is -3.07. The second kappa shape index (κ2) is 4.27. The first-order valence-electron chi connectivity index (χ1n) is 4.51. The number of rotatable bonds is 2. The highest BCUT2D eigenvalue weighted by Crippen LogP contribution is 2.22. The van der Waals surface area contributed by atoms with Crippen LogP contribution in [0, 0.1) is 5.92 Å². The zero-order valence-corrected chi connectivity index (χ0v) is 8.53. The fourth-order valence-electron chi connectivity index (χ4n) is 1.62. The average molecular weight is 222 g/mol. The maximum atomic E-state index is 11.2. The van der Waals surface area contributed by atoms with Crippen molar-refractivity contribution in [2.24, 2.45) is 5.92 Å². The molecule has 5 nitrogen and oxygen atoms in total. The van der Waals surface area contributed by atoms with Crippen LogP contribution in [-0.2, 0) is 14.6 Å². The monoisotopic (exact) mass is 222 g/mol. The molecular formula is C8H14O5S. The molecule has 1 heterocycles. The Hall–Kier alpha value is -0.620. The van der Waals surface area contributed by atoms with Crippen molar-refractivity contribution in [2.45, 2.75) is 25.4 Å². The Morgan fingerprint density at radius 1 is 1.29 bits per heavy atom. The van der Waals surface area contributed by atoms with Gasteiger partial charge in [0.2, 0.25) is 0 Å². The predicted molar refractivity (Wildman–Crippen MR) is 49.6 cm³/mol. The summed E-state index contributed by atoms with van der Waals surface area (Å²) in [5.41, 5.74) is 0. The minimum absolute atomic E-state index is 0.0119. The van der Waals surface area contributed by atoms with E-state index < -0.39 is 27.8 Å². The van der Waals surface area contributed by atoms with E-state index in [9.17, 15) is 18.3 Å². The van der Waals surface area contributed by atoms with Gasteiger partial charge in [-0.05, 0) is 18.8 Å². The second-order valence-corrected chi connectivity index (χ2v) is 5.96. The number of hydrogen-bond donors (Lipinski definition) is 2. The van der Waals surface area contributed by atoms with Crippen LogP contribution in [0.15, 0.2) is 0 Å². The molecule has 1 fully saturated rings. The van der Waals surface area contributed by atoms with Crippen LogP contribution in [0.4, 0.5) is 0 Å². The summed E-state index contributed by atoms with van der Waals surface area (Å²) in [6.45, 7) is 0. The van der Waals surface area contributed by atoms with Gasteiger partial charge in [0.25, 0.3) is 0 Å². The average Bonchev–Trinajstić information content (AvgIpc) is 2.17. The maximum absolute atomic E-state index is 11.2. The molecule has 0 aromatic carbocycles. The van der Waals surface area contributed by atoms with Crippen molar-refractivity contribution in [2.75, 3.05) is 11.5 Å². The molecular weight excluding hydrogens is 208 g/mol. The SMILES string of the molecule is O=C(O)C[C@H]1CCS(=O)(=O)CC[C@H]1O. The third-order valence-electron chi connectivity index (χ3n) is 2.51. The van der Waals surface area contributed by atoms with Gasteiger partial charge >= 0.3 is 5.97 Å². The quantitative estimate of drug-likeness (QED) is 0.666. The van der Waals surface area contributed by atoms with E-state index in [0.29, 0.717) is 0 Å². The fourth-order valence-corrected chi connectivity index (χ4v) is 3.09. The van der Waals surface area contributed by atoms with Gasteiger partial charge < -0.3 is 10.2 Å². The Labute approximate surface area is 82.7 Å². The van der Waals surface area contributed by atoms with Crippen molar-refractivity contribution in [3.63, 3.8) is 0 Å². The fraction of sp³-hybridized carbons (Fsp3) is 0.875. The number of carboxylic acids is 1. The van der Waals surface area contributed by atoms with Crippen molar-refractivity contribution in [3.05, 3.63) is 0 Å². The molecule has 0 radical (unpaired) electrons. The Bertz CT molecular complexity index is 308. The molecule has 0 aromatic rings. The number of aliphatic carboxylic acids is 1. The van der Waals surface area contributed by atoms with Crippen molar-refractivity contribution >= 4 is 15.8 Å². The van der Waals surface area contributed by atoms with Crippen LogP contribution in [0.25, 0.3) is 0 Å². The predicted octanol–water partition coefficient (Wildman–Crippen LogP) is -0.353. The molecule has 6 heteroatoms. The minimum atomic E-state index is -3.07. The van der Waals surface area contributed by atoms with Crippen molar-refractivity contribution < 1.29 is 23.4 Å². The van der Waals surface area contributed by atoms with Crippen LogP contribution in [0.3, 0.4) is 0 Å². The summed E-state index contributed by atoms with van der Waals surface area (Å²) < 4.78 is 22.4. The van der Waals surface area contributed by atoms with E-state index in [0.717, 1.165) is 0 Å². The second-order valence-electron chi connectivity index (χ2n) is 3.65. The lowest BCUT2D eigenvalue weighted by Gasteiger charge is -2.16. The van der Waals surface area contributed by atoms with Gasteiger partial charge in [-0.2, -0.15) is 0 Å². The first-order valence-corrected chi connectivity index (χ1v) is 6.33. The number of hydrogen-bond acceptors (Lipinski definition) is 4. The zero-order valence-electron chi connectivity index (χ0n) is 7.72. The summed E-state index contributed by atoms with van der Waals surface area (Å²) in [6, 6.07) is 0. The van der Waals surface area contributed by atoms with Crippen LogP contribution in [-0.4, -0.2) is 42.2 Å². The highest BCUT2D eigenvalue weighted by molar-refractivity contribution is 7.91. The van der Waals surface area contributed by atoms with Gasteiger partial charge in [0.15, 0.2) is 0 Å². The lowest BCUT2D eigenvalue weighted by molar-refractivity contribution is -0.139. The molecule has 0 aromatic heterocycles. The highest BCUT2D eigenvalue weighted by atomic mass is 32.2. The van der Waals surface area contributed by atoms with E-state index in [1.165, 1.54) is 0 Å². The number of sulfone groups is 1.